The van der Waals surface area contributed by atoms with Crippen molar-refractivity contribution in [1.29, 1.82) is 0 Å². The Bertz CT molecular complexity index is 1530. The number of aryl methyl sites for hydroxylation is 1. The normalized spacial score (nSPS) is 11.0. The van der Waals surface area contributed by atoms with E-state index in [4.69, 9.17) is 28.2 Å². The third kappa shape index (κ3) is 4.31. The van der Waals surface area contributed by atoms with Crippen LogP contribution in [0.3, 0.4) is 0 Å². The average molecular weight is 472 g/mol. The lowest BCUT2D eigenvalue weighted by molar-refractivity contribution is 0.0979. The molecule has 0 bridgehead atoms. The Labute approximate surface area is 200 Å². The number of oxazole rings is 1. The Morgan fingerprint density at radius 3 is 2.55 bits per heavy atom. The Balaban J connectivity index is 1.29. The highest BCUT2D eigenvalue weighted by atomic mass is 35.5. The first kappa shape index (κ1) is 21.1. The van der Waals surface area contributed by atoms with Crippen molar-refractivity contribution in [3.8, 4) is 11.5 Å². The summed E-state index contributed by atoms with van der Waals surface area (Å²) in [7, 11) is 0. The number of carbonyl (C=O) groups is 1. The minimum absolute atomic E-state index is 0.198. The summed E-state index contributed by atoms with van der Waals surface area (Å²) in [5.74, 6) is 0.242. The number of carbonyl (C=O) groups excluding carboxylic acids is 1. The summed E-state index contributed by atoms with van der Waals surface area (Å²) in [6.07, 6.45) is 0. The molecule has 0 saturated heterocycles. The van der Waals surface area contributed by atoms with Crippen molar-refractivity contribution in [2.75, 3.05) is 5.32 Å². The zero-order valence-electron chi connectivity index (χ0n) is 17.6. The number of fused-ring (bicyclic) bond motifs is 2. The largest absolute Gasteiger partial charge is 0.436 e. The van der Waals surface area contributed by atoms with Gasteiger partial charge in [0.15, 0.2) is 10.7 Å². The summed E-state index contributed by atoms with van der Waals surface area (Å²) in [6.45, 7) is 2.02. The maximum Gasteiger partial charge on any atom is 0.258 e. The summed E-state index contributed by atoms with van der Waals surface area (Å²) >= 11 is 11.6. The molecule has 33 heavy (non-hydrogen) atoms. The van der Waals surface area contributed by atoms with Gasteiger partial charge in [-0.2, -0.15) is 0 Å². The van der Waals surface area contributed by atoms with Gasteiger partial charge in [0, 0.05) is 27.2 Å². The van der Waals surface area contributed by atoms with Crippen LogP contribution in [0.25, 0.3) is 33.3 Å². The number of anilines is 1. The van der Waals surface area contributed by atoms with Crippen LogP contribution in [-0.2, 0) is 0 Å². The molecule has 7 heteroatoms. The summed E-state index contributed by atoms with van der Waals surface area (Å²) in [4.78, 5) is 17.4. The maximum absolute atomic E-state index is 12.8. The number of halogens is 1. The van der Waals surface area contributed by atoms with E-state index in [1.54, 1.807) is 18.2 Å². The minimum atomic E-state index is -0.307. The lowest BCUT2D eigenvalue weighted by Gasteiger charge is -2.11. The first-order valence-electron chi connectivity index (χ1n) is 10.3. The summed E-state index contributed by atoms with van der Waals surface area (Å²) < 4.78 is 5.85. The molecule has 162 valence electrons. The topological polar surface area (TPSA) is 67.2 Å². The average Bonchev–Trinajstić information content (AvgIpc) is 3.22. The molecule has 0 unspecified atom stereocenters. The van der Waals surface area contributed by atoms with Gasteiger partial charge < -0.3 is 9.73 Å². The lowest BCUT2D eigenvalue weighted by atomic mass is 10.0. The molecule has 5 rings (SSSR count). The van der Waals surface area contributed by atoms with Gasteiger partial charge in [-0.05, 0) is 78.6 Å². The SMILES string of the molecule is Cc1ccc2oc(-c3ccc(NC(=S)NC(=O)c4cccc5c(Cl)cccc45)cc3)nc2c1. The Kier molecular flexibility index (Phi) is 5.54. The molecule has 2 N–H and O–H groups in total. The van der Waals surface area contributed by atoms with Gasteiger partial charge in [-0.25, -0.2) is 4.98 Å². The molecule has 0 fully saturated rings. The molecule has 1 heterocycles. The molecule has 4 aromatic carbocycles. The van der Waals surface area contributed by atoms with Crippen LogP contribution in [0.2, 0.25) is 5.02 Å². The number of nitrogens with one attached hydrogen (secondary N) is 2. The highest BCUT2D eigenvalue weighted by Crippen LogP contribution is 2.27. The Morgan fingerprint density at radius 2 is 1.73 bits per heavy atom. The predicted molar refractivity (Wildman–Crippen MR) is 137 cm³/mol. The van der Waals surface area contributed by atoms with E-state index in [-0.39, 0.29) is 11.0 Å². The van der Waals surface area contributed by atoms with Crippen molar-refractivity contribution in [2.45, 2.75) is 6.92 Å². The van der Waals surface area contributed by atoms with E-state index < -0.39 is 0 Å². The second-order valence-electron chi connectivity index (χ2n) is 7.62. The summed E-state index contributed by atoms with van der Waals surface area (Å²) in [6, 6.07) is 24.3. The molecule has 0 aliphatic carbocycles. The van der Waals surface area contributed by atoms with E-state index in [9.17, 15) is 4.79 Å². The molecule has 0 atom stereocenters. The van der Waals surface area contributed by atoms with Gasteiger partial charge in [-0.1, -0.05) is 41.9 Å². The number of hydrogen-bond donors (Lipinski definition) is 2. The molecule has 0 saturated carbocycles. The number of nitrogens with zero attached hydrogens (tertiary/aromatic N) is 1. The minimum Gasteiger partial charge on any atom is -0.436 e. The van der Waals surface area contributed by atoms with Gasteiger partial charge in [0.2, 0.25) is 5.89 Å². The molecular weight excluding hydrogens is 454 g/mol. The molecule has 5 aromatic rings. The van der Waals surface area contributed by atoms with Crippen molar-refractivity contribution in [3.63, 3.8) is 0 Å². The van der Waals surface area contributed by atoms with Crippen molar-refractivity contribution >= 4 is 62.4 Å². The first-order valence-corrected chi connectivity index (χ1v) is 11.0. The van der Waals surface area contributed by atoms with Crippen LogP contribution in [0.4, 0.5) is 5.69 Å². The van der Waals surface area contributed by atoms with Gasteiger partial charge in [0.05, 0.1) is 0 Å². The zero-order valence-corrected chi connectivity index (χ0v) is 19.1. The number of hydrogen-bond acceptors (Lipinski definition) is 4. The van der Waals surface area contributed by atoms with E-state index >= 15 is 0 Å². The summed E-state index contributed by atoms with van der Waals surface area (Å²) in [5, 5.41) is 8.15. The fourth-order valence-corrected chi connectivity index (χ4v) is 4.11. The predicted octanol–water partition coefficient (Wildman–Crippen LogP) is 6.74. The third-order valence-corrected chi connectivity index (χ3v) is 5.81. The van der Waals surface area contributed by atoms with Crippen LogP contribution in [-0.4, -0.2) is 16.0 Å². The summed E-state index contributed by atoms with van der Waals surface area (Å²) in [5.41, 5.74) is 4.78. The number of amides is 1. The monoisotopic (exact) mass is 471 g/mol. The number of rotatable bonds is 3. The molecule has 0 radical (unpaired) electrons. The van der Waals surface area contributed by atoms with Crippen LogP contribution in [0.1, 0.15) is 15.9 Å². The lowest BCUT2D eigenvalue weighted by Crippen LogP contribution is -2.34. The van der Waals surface area contributed by atoms with Crippen molar-refractivity contribution in [1.82, 2.24) is 10.3 Å². The van der Waals surface area contributed by atoms with Crippen LogP contribution in [0.15, 0.2) is 83.3 Å². The van der Waals surface area contributed by atoms with Crippen LogP contribution >= 0.6 is 23.8 Å². The van der Waals surface area contributed by atoms with E-state index in [0.29, 0.717) is 16.5 Å². The quantitative estimate of drug-likeness (QED) is 0.285. The standard InChI is InChI=1S/C26H18ClN3O2S/c1-15-8-13-23-22(14-15)29-25(32-23)16-9-11-17(12-10-16)28-26(33)30-24(31)20-6-2-5-19-18(20)4-3-7-21(19)27/h2-14H,1H3,(H2,28,30,31,33). The molecule has 0 aliphatic heterocycles. The van der Waals surface area contributed by atoms with Gasteiger partial charge in [-0.15, -0.1) is 0 Å². The highest BCUT2D eigenvalue weighted by molar-refractivity contribution is 7.80. The fraction of sp³-hybridized carbons (Fsp3) is 0.0385. The van der Waals surface area contributed by atoms with Crippen LogP contribution < -0.4 is 10.6 Å². The second-order valence-corrected chi connectivity index (χ2v) is 8.43. The number of benzene rings is 4. The van der Waals surface area contributed by atoms with Crippen LogP contribution in [0.5, 0.6) is 0 Å². The van der Waals surface area contributed by atoms with E-state index in [1.165, 1.54) is 0 Å². The second kappa shape index (κ2) is 8.65. The molecule has 1 amide bonds. The van der Waals surface area contributed by atoms with Gasteiger partial charge in [0.25, 0.3) is 5.91 Å². The number of thiocarbonyl (C=S) groups is 1. The third-order valence-electron chi connectivity index (χ3n) is 5.27. The zero-order chi connectivity index (χ0) is 22.9. The first-order chi connectivity index (χ1) is 16.0. The maximum atomic E-state index is 12.8. The Hall–Kier alpha value is -3.74. The fourth-order valence-electron chi connectivity index (χ4n) is 3.66. The van der Waals surface area contributed by atoms with Crippen molar-refractivity contribution in [3.05, 3.63) is 95.0 Å². The molecule has 0 spiro atoms. The molecule has 5 nitrogen and oxygen atoms in total. The van der Waals surface area contributed by atoms with E-state index in [0.717, 1.165) is 38.7 Å². The molecular formula is C26H18ClN3O2S. The van der Waals surface area contributed by atoms with Crippen molar-refractivity contribution < 1.29 is 9.21 Å². The van der Waals surface area contributed by atoms with Gasteiger partial charge in [0.1, 0.15) is 5.52 Å². The smallest absolute Gasteiger partial charge is 0.258 e. The van der Waals surface area contributed by atoms with Crippen molar-refractivity contribution in [2.24, 2.45) is 0 Å². The number of aromatic nitrogens is 1. The van der Waals surface area contributed by atoms with E-state index in [1.807, 2.05) is 67.6 Å². The highest BCUT2D eigenvalue weighted by Gasteiger charge is 2.13. The van der Waals surface area contributed by atoms with E-state index in [2.05, 4.69) is 15.6 Å². The van der Waals surface area contributed by atoms with Crippen LogP contribution in [0, 0.1) is 6.92 Å². The van der Waals surface area contributed by atoms with Gasteiger partial charge >= 0.3 is 0 Å². The molecule has 1 aromatic heterocycles. The Morgan fingerprint density at radius 1 is 0.970 bits per heavy atom. The molecule has 0 aliphatic rings. The van der Waals surface area contributed by atoms with Gasteiger partial charge in [-0.3, -0.25) is 10.1 Å².